The van der Waals surface area contributed by atoms with Gasteiger partial charge in [0.2, 0.25) is 20.9 Å². The number of amides is 1. The summed E-state index contributed by atoms with van der Waals surface area (Å²) in [5.41, 5.74) is 0. The average molecular weight is 283 g/mol. The molecule has 0 unspecified atom stereocenters. The summed E-state index contributed by atoms with van der Waals surface area (Å²) in [4.78, 5) is 15.3. The highest BCUT2D eigenvalue weighted by Gasteiger charge is 2.23. The van der Waals surface area contributed by atoms with Gasteiger partial charge in [-0.2, -0.15) is 0 Å². The van der Waals surface area contributed by atoms with Crippen molar-refractivity contribution in [1.29, 1.82) is 0 Å². The number of aryl methyl sites for hydroxylation is 1. The van der Waals surface area contributed by atoms with Gasteiger partial charge in [-0.15, -0.1) is 0 Å². The maximum Gasteiger partial charge on any atom is 0.236 e. The largest absolute Gasteiger partial charge is 0.467 e. The molecule has 2 rings (SSSR count). The average Bonchev–Trinajstić information content (AvgIpc) is 2.96. The van der Waals surface area contributed by atoms with Crippen LogP contribution in [0.5, 0.6) is 0 Å². The molecule has 8 heteroatoms. The Morgan fingerprint density at radius 2 is 2.32 bits per heavy atom. The Morgan fingerprint density at radius 3 is 2.89 bits per heavy atom. The van der Waals surface area contributed by atoms with E-state index in [1.807, 2.05) is 0 Å². The van der Waals surface area contributed by atoms with E-state index in [0.717, 1.165) is 0 Å². The van der Waals surface area contributed by atoms with E-state index < -0.39 is 21.5 Å². The van der Waals surface area contributed by atoms with E-state index in [1.54, 1.807) is 19.2 Å². The third-order valence-electron chi connectivity index (χ3n) is 2.42. The quantitative estimate of drug-likeness (QED) is 0.840. The summed E-state index contributed by atoms with van der Waals surface area (Å²) in [6.45, 7) is 0.155. The molecular formula is C11H13N3O4S. The lowest BCUT2D eigenvalue weighted by atomic mass is 10.4. The van der Waals surface area contributed by atoms with E-state index in [9.17, 15) is 13.2 Å². The first-order valence-electron chi connectivity index (χ1n) is 5.48. The van der Waals surface area contributed by atoms with Gasteiger partial charge >= 0.3 is 0 Å². The van der Waals surface area contributed by atoms with Crippen LogP contribution in [-0.2, 0) is 28.2 Å². The van der Waals surface area contributed by atoms with Crippen molar-refractivity contribution < 1.29 is 17.6 Å². The minimum atomic E-state index is -3.73. The van der Waals surface area contributed by atoms with Crippen LogP contribution in [0.4, 0.5) is 0 Å². The standard InChI is InChI=1S/C11H13N3O4S/c1-14-5-4-12-11(14)19(16,17)8-10(15)13-7-9-3-2-6-18-9/h2-6H,7-8H2,1H3,(H,13,15). The molecule has 0 aromatic carbocycles. The van der Waals surface area contributed by atoms with Gasteiger partial charge in [-0.25, -0.2) is 13.4 Å². The first kappa shape index (κ1) is 13.3. The molecule has 0 aliphatic rings. The Morgan fingerprint density at radius 1 is 1.53 bits per heavy atom. The smallest absolute Gasteiger partial charge is 0.236 e. The van der Waals surface area contributed by atoms with Gasteiger partial charge in [0.25, 0.3) is 0 Å². The number of hydrogen-bond acceptors (Lipinski definition) is 5. The molecule has 1 N–H and O–H groups in total. The van der Waals surface area contributed by atoms with Crippen molar-refractivity contribution in [2.75, 3.05) is 5.75 Å². The van der Waals surface area contributed by atoms with Crippen LogP contribution in [0.25, 0.3) is 0 Å². The molecule has 0 fully saturated rings. The fraction of sp³-hybridized carbons (Fsp3) is 0.273. The summed E-state index contributed by atoms with van der Waals surface area (Å²) in [5.74, 6) is -0.680. The van der Waals surface area contributed by atoms with Crippen molar-refractivity contribution in [2.45, 2.75) is 11.7 Å². The fourth-order valence-electron chi connectivity index (χ4n) is 1.54. The Labute approximate surface area is 110 Å². The number of nitrogens with one attached hydrogen (secondary N) is 1. The van der Waals surface area contributed by atoms with E-state index in [-0.39, 0.29) is 11.7 Å². The van der Waals surface area contributed by atoms with Gasteiger partial charge < -0.3 is 14.3 Å². The van der Waals surface area contributed by atoms with Gasteiger partial charge in [0.05, 0.1) is 12.8 Å². The molecule has 0 aliphatic carbocycles. The molecule has 2 aromatic rings. The number of hydrogen-bond donors (Lipinski definition) is 1. The van der Waals surface area contributed by atoms with Crippen LogP contribution < -0.4 is 5.32 Å². The summed E-state index contributed by atoms with van der Waals surface area (Å²) >= 11 is 0. The van der Waals surface area contributed by atoms with Gasteiger partial charge in [-0.05, 0) is 12.1 Å². The molecule has 7 nitrogen and oxygen atoms in total. The Balaban J connectivity index is 1.97. The topological polar surface area (TPSA) is 94.2 Å². The Bertz CT molecular complexity index is 658. The first-order chi connectivity index (χ1) is 8.99. The van der Waals surface area contributed by atoms with Gasteiger partial charge in [0, 0.05) is 19.4 Å². The molecule has 0 saturated carbocycles. The summed E-state index contributed by atoms with van der Waals surface area (Å²) in [5, 5.41) is 2.35. The third kappa shape index (κ3) is 3.22. The fourth-order valence-corrected chi connectivity index (χ4v) is 2.84. The van der Waals surface area contributed by atoms with Gasteiger partial charge in [-0.1, -0.05) is 0 Å². The van der Waals surface area contributed by atoms with Gasteiger partial charge in [0.1, 0.15) is 11.5 Å². The zero-order valence-electron chi connectivity index (χ0n) is 10.2. The van der Waals surface area contributed by atoms with E-state index in [1.165, 1.54) is 23.2 Å². The minimum Gasteiger partial charge on any atom is -0.467 e. The summed E-state index contributed by atoms with van der Waals surface area (Å²) in [6.07, 6.45) is 4.35. The molecule has 0 bridgehead atoms. The molecule has 0 atom stereocenters. The van der Waals surface area contributed by atoms with Crippen LogP contribution in [0.15, 0.2) is 40.4 Å². The second kappa shape index (κ2) is 5.27. The second-order valence-electron chi connectivity index (χ2n) is 3.94. The number of carbonyl (C=O) groups is 1. The zero-order chi connectivity index (χ0) is 13.9. The first-order valence-corrected chi connectivity index (χ1v) is 7.13. The lowest BCUT2D eigenvalue weighted by Gasteiger charge is -2.05. The van der Waals surface area contributed by atoms with E-state index in [0.29, 0.717) is 5.76 Å². The van der Waals surface area contributed by atoms with Crippen LogP contribution in [0.1, 0.15) is 5.76 Å². The molecular weight excluding hydrogens is 270 g/mol. The van der Waals surface area contributed by atoms with Crippen LogP contribution in [-0.4, -0.2) is 29.6 Å². The number of sulfone groups is 1. The number of carbonyl (C=O) groups excluding carboxylic acids is 1. The highest BCUT2D eigenvalue weighted by Crippen LogP contribution is 2.07. The highest BCUT2D eigenvalue weighted by atomic mass is 32.2. The lowest BCUT2D eigenvalue weighted by molar-refractivity contribution is -0.118. The maximum absolute atomic E-state index is 11.9. The van der Waals surface area contributed by atoms with Gasteiger partial charge in [-0.3, -0.25) is 4.79 Å². The van der Waals surface area contributed by atoms with Crippen molar-refractivity contribution >= 4 is 15.7 Å². The molecule has 0 spiro atoms. The van der Waals surface area contributed by atoms with Crippen molar-refractivity contribution in [1.82, 2.24) is 14.9 Å². The third-order valence-corrected chi connectivity index (χ3v) is 4.01. The molecule has 2 aromatic heterocycles. The number of nitrogens with zero attached hydrogens (tertiary/aromatic N) is 2. The molecule has 19 heavy (non-hydrogen) atoms. The summed E-state index contributed by atoms with van der Waals surface area (Å²) in [7, 11) is -2.17. The maximum atomic E-state index is 11.9. The summed E-state index contributed by atoms with van der Waals surface area (Å²) < 4.78 is 30.2. The van der Waals surface area contributed by atoms with Crippen LogP contribution in [0.2, 0.25) is 0 Å². The molecule has 0 aliphatic heterocycles. The Hall–Kier alpha value is -2.09. The second-order valence-corrected chi connectivity index (χ2v) is 5.82. The number of aromatic nitrogens is 2. The molecule has 0 radical (unpaired) electrons. The van der Waals surface area contributed by atoms with E-state index in [4.69, 9.17) is 4.42 Å². The van der Waals surface area contributed by atoms with Crippen molar-refractivity contribution in [2.24, 2.45) is 7.05 Å². The molecule has 1 amide bonds. The Kier molecular flexibility index (Phi) is 3.70. The highest BCUT2D eigenvalue weighted by molar-refractivity contribution is 7.91. The minimum absolute atomic E-state index is 0.124. The van der Waals surface area contributed by atoms with E-state index >= 15 is 0 Å². The predicted molar refractivity (Wildman–Crippen MR) is 65.8 cm³/mol. The predicted octanol–water partition coefficient (Wildman–Crippen LogP) is 0.103. The van der Waals surface area contributed by atoms with Crippen LogP contribution >= 0.6 is 0 Å². The van der Waals surface area contributed by atoms with Crippen LogP contribution in [0.3, 0.4) is 0 Å². The number of imidazole rings is 1. The lowest BCUT2D eigenvalue weighted by Crippen LogP contribution is -2.30. The zero-order valence-corrected chi connectivity index (χ0v) is 11.1. The van der Waals surface area contributed by atoms with Crippen molar-refractivity contribution in [3.05, 3.63) is 36.5 Å². The van der Waals surface area contributed by atoms with Crippen molar-refractivity contribution in [3.8, 4) is 0 Å². The molecule has 2 heterocycles. The monoisotopic (exact) mass is 283 g/mol. The molecule has 102 valence electrons. The SMILES string of the molecule is Cn1ccnc1S(=O)(=O)CC(=O)NCc1ccco1. The van der Waals surface area contributed by atoms with Crippen molar-refractivity contribution in [3.63, 3.8) is 0 Å². The molecule has 0 saturated heterocycles. The van der Waals surface area contributed by atoms with Gasteiger partial charge in [0.15, 0.2) is 0 Å². The van der Waals surface area contributed by atoms with Crippen LogP contribution in [0, 0.1) is 0 Å². The number of rotatable bonds is 5. The summed E-state index contributed by atoms with van der Waals surface area (Å²) in [6, 6.07) is 3.37. The number of furan rings is 1. The van der Waals surface area contributed by atoms with E-state index in [2.05, 4.69) is 10.3 Å². The normalized spacial score (nSPS) is 11.4.